The number of imidazole rings is 1. The third kappa shape index (κ3) is 3.19. The van der Waals surface area contributed by atoms with E-state index in [9.17, 15) is 9.90 Å². The van der Waals surface area contributed by atoms with Gasteiger partial charge in [-0.15, -0.1) is 0 Å². The molecule has 3 aromatic rings. The molecule has 1 amide bonds. The maximum atomic E-state index is 12.7. The Balaban J connectivity index is 1.66. The minimum Gasteiger partial charge on any atom is -0.391 e. The van der Waals surface area contributed by atoms with Crippen LogP contribution in [0.3, 0.4) is 0 Å². The highest BCUT2D eigenvalue weighted by Crippen LogP contribution is 2.27. The average Bonchev–Trinajstić information content (AvgIpc) is 3.07. The topological polar surface area (TPSA) is 78.7 Å². The van der Waals surface area contributed by atoms with Crippen LogP contribution in [0.2, 0.25) is 5.02 Å². The summed E-state index contributed by atoms with van der Waals surface area (Å²) < 4.78 is 1.76. The van der Waals surface area contributed by atoms with Crippen LogP contribution in [0, 0.1) is 0 Å². The van der Waals surface area contributed by atoms with Gasteiger partial charge in [-0.25, -0.2) is 4.98 Å². The first-order valence-electron chi connectivity index (χ1n) is 8.55. The van der Waals surface area contributed by atoms with Crippen molar-refractivity contribution in [2.45, 2.75) is 18.4 Å². The van der Waals surface area contributed by atoms with Gasteiger partial charge in [-0.1, -0.05) is 29.8 Å². The van der Waals surface area contributed by atoms with E-state index in [4.69, 9.17) is 11.6 Å². The number of aliphatic hydroxyl groups excluding tert-OH is 1. The summed E-state index contributed by atoms with van der Waals surface area (Å²) in [5.74, 6) is -0.240. The first-order chi connectivity index (χ1) is 12.6. The number of carbonyl (C=O) groups excluding carboxylic acids is 1. The standard InChI is InChI=1S/C19H19ClN4O2/c20-14-3-1-2-4-15(14)23-19(26)16-9-22-18-6-5-12(11-24(16)18)13-7-8-21-10-17(13)25/h1-6,9,11,13,17,21,25H,7-8,10H2,(H,23,26)/t13?,17-/m0/s1. The van der Waals surface area contributed by atoms with Crippen LogP contribution in [0.1, 0.15) is 28.4 Å². The molecule has 0 aliphatic carbocycles. The number of hydrogen-bond donors (Lipinski definition) is 3. The Kier molecular flexibility index (Phi) is 4.63. The molecular weight excluding hydrogens is 352 g/mol. The van der Waals surface area contributed by atoms with Gasteiger partial charge in [-0.2, -0.15) is 0 Å². The van der Waals surface area contributed by atoms with E-state index in [1.165, 1.54) is 0 Å². The Bertz CT molecular complexity index is 956. The number of piperidine rings is 1. The van der Waals surface area contributed by atoms with Gasteiger partial charge in [-0.05, 0) is 36.7 Å². The Labute approximate surface area is 155 Å². The van der Waals surface area contributed by atoms with Crippen LogP contribution < -0.4 is 10.6 Å². The van der Waals surface area contributed by atoms with Crippen molar-refractivity contribution in [3.05, 3.63) is 65.1 Å². The maximum Gasteiger partial charge on any atom is 0.274 e. The quantitative estimate of drug-likeness (QED) is 0.662. The predicted molar refractivity (Wildman–Crippen MR) is 101 cm³/mol. The Morgan fingerprint density at radius 3 is 2.96 bits per heavy atom. The monoisotopic (exact) mass is 370 g/mol. The molecule has 1 aromatic carbocycles. The zero-order chi connectivity index (χ0) is 18.1. The molecule has 0 radical (unpaired) electrons. The number of carbonyl (C=O) groups is 1. The molecule has 0 bridgehead atoms. The summed E-state index contributed by atoms with van der Waals surface area (Å²) in [4.78, 5) is 17.0. The van der Waals surface area contributed by atoms with Crippen molar-refractivity contribution in [1.82, 2.24) is 14.7 Å². The van der Waals surface area contributed by atoms with Crippen LogP contribution in [0.25, 0.3) is 5.65 Å². The molecule has 26 heavy (non-hydrogen) atoms. The third-order valence-corrected chi connectivity index (χ3v) is 5.09. The molecule has 4 rings (SSSR count). The highest BCUT2D eigenvalue weighted by atomic mass is 35.5. The second kappa shape index (κ2) is 7.07. The van der Waals surface area contributed by atoms with Gasteiger partial charge in [0.15, 0.2) is 0 Å². The highest BCUT2D eigenvalue weighted by Gasteiger charge is 2.25. The smallest absolute Gasteiger partial charge is 0.274 e. The molecule has 2 atom stereocenters. The van der Waals surface area contributed by atoms with Crippen LogP contribution in [-0.4, -0.2) is 39.6 Å². The number of fused-ring (bicyclic) bond motifs is 1. The summed E-state index contributed by atoms with van der Waals surface area (Å²) in [6.07, 6.45) is 3.85. The number of benzene rings is 1. The van der Waals surface area contributed by atoms with Crippen LogP contribution in [-0.2, 0) is 0 Å². The van der Waals surface area contributed by atoms with Gasteiger partial charge < -0.3 is 15.7 Å². The lowest BCUT2D eigenvalue weighted by Crippen LogP contribution is -2.39. The molecule has 3 N–H and O–H groups in total. The zero-order valence-electron chi connectivity index (χ0n) is 14.0. The highest BCUT2D eigenvalue weighted by molar-refractivity contribution is 6.33. The lowest BCUT2D eigenvalue weighted by atomic mass is 9.89. The van der Waals surface area contributed by atoms with Gasteiger partial charge in [0.1, 0.15) is 11.3 Å². The van der Waals surface area contributed by atoms with Crippen molar-refractivity contribution in [3.8, 4) is 0 Å². The normalized spacial score (nSPS) is 20.2. The van der Waals surface area contributed by atoms with Crippen LogP contribution in [0.5, 0.6) is 0 Å². The molecule has 7 heteroatoms. The molecule has 0 spiro atoms. The van der Waals surface area contributed by atoms with E-state index in [1.807, 2.05) is 30.5 Å². The SMILES string of the molecule is O=C(Nc1ccccc1Cl)c1cnc2ccc(C3CCNC[C@@H]3O)cn12. The van der Waals surface area contributed by atoms with E-state index in [1.54, 1.807) is 22.7 Å². The molecule has 6 nitrogen and oxygen atoms in total. The summed E-state index contributed by atoms with van der Waals surface area (Å²) in [6.45, 7) is 1.44. The second-order valence-corrected chi connectivity index (χ2v) is 6.84. The minimum absolute atomic E-state index is 0.0440. The summed E-state index contributed by atoms with van der Waals surface area (Å²) >= 11 is 6.12. The Morgan fingerprint density at radius 1 is 1.31 bits per heavy atom. The average molecular weight is 371 g/mol. The van der Waals surface area contributed by atoms with Gasteiger partial charge in [0.25, 0.3) is 5.91 Å². The number of nitrogens with zero attached hydrogens (tertiary/aromatic N) is 2. The fourth-order valence-electron chi connectivity index (χ4n) is 3.36. The number of halogens is 1. The van der Waals surface area contributed by atoms with Crippen molar-refractivity contribution in [2.24, 2.45) is 0 Å². The zero-order valence-corrected chi connectivity index (χ0v) is 14.8. The molecule has 1 aliphatic heterocycles. The molecule has 1 unspecified atom stereocenters. The van der Waals surface area contributed by atoms with Crippen molar-refractivity contribution >= 4 is 28.8 Å². The molecule has 1 saturated heterocycles. The van der Waals surface area contributed by atoms with Crippen LogP contribution in [0.4, 0.5) is 5.69 Å². The summed E-state index contributed by atoms with van der Waals surface area (Å²) in [5, 5.41) is 16.8. The lowest BCUT2D eigenvalue weighted by Gasteiger charge is -2.28. The molecule has 3 heterocycles. The minimum atomic E-state index is -0.440. The number of anilines is 1. The maximum absolute atomic E-state index is 12.7. The fourth-order valence-corrected chi connectivity index (χ4v) is 3.55. The number of hydrogen-bond acceptors (Lipinski definition) is 4. The molecule has 1 aliphatic rings. The fraction of sp³-hybridized carbons (Fsp3) is 0.263. The summed E-state index contributed by atoms with van der Waals surface area (Å²) in [7, 11) is 0. The van der Waals surface area contributed by atoms with E-state index >= 15 is 0 Å². The van der Waals surface area contributed by atoms with E-state index in [2.05, 4.69) is 15.6 Å². The summed E-state index contributed by atoms with van der Waals surface area (Å²) in [5.41, 5.74) is 2.65. The van der Waals surface area contributed by atoms with Crippen LogP contribution in [0.15, 0.2) is 48.8 Å². The van der Waals surface area contributed by atoms with E-state index in [-0.39, 0.29) is 11.8 Å². The van der Waals surface area contributed by atoms with Crippen LogP contribution >= 0.6 is 11.6 Å². The van der Waals surface area contributed by atoms with Gasteiger partial charge >= 0.3 is 0 Å². The largest absolute Gasteiger partial charge is 0.391 e. The van der Waals surface area contributed by atoms with E-state index in [0.29, 0.717) is 28.6 Å². The number of aromatic nitrogens is 2. The molecule has 134 valence electrons. The Morgan fingerprint density at radius 2 is 2.15 bits per heavy atom. The van der Waals surface area contributed by atoms with E-state index < -0.39 is 6.10 Å². The number of amides is 1. The van der Waals surface area contributed by atoms with Gasteiger partial charge in [-0.3, -0.25) is 9.20 Å². The Hall–Kier alpha value is -2.41. The number of para-hydroxylation sites is 1. The van der Waals surface area contributed by atoms with Gasteiger partial charge in [0, 0.05) is 18.7 Å². The van der Waals surface area contributed by atoms with Crippen molar-refractivity contribution in [2.75, 3.05) is 18.4 Å². The first-order valence-corrected chi connectivity index (χ1v) is 8.93. The van der Waals surface area contributed by atoms with Crippen molar-refractivity contribution in [3.63, 3.8) is 0 Å². The number of β-amino-alcohol motifs (C(OH)–C–C–N with tert-alkyl or cyclic N) is 1. The third-order valence-electron chi connectivity index (χ3n) is 4.76. The number of nitrogens with one attached hydrogen (secondary N) is 2. The molecular formula is C19H19ClN4O2. The number of pyridine rings is 1. The summed E-state index contributed by atoms with van der Waals surface area (Å²) in [6, 6.07) is 10.9. The lowest BCUT2D eigenvalue weighted by molar-refractivity contribution is 0.102. The van der Waals surface area contributed by atoms with Crippen molar-refractivity contribution < 1.29 is 9.90 Å². The number of rotatable bonds is 3. The van der Waals surface area contributed by atoms with Gasteiger partial charge in [0.2, 0.25) is 0 Å². The van der Waals surface area contributed by atoms with Gasteiger partial charge in [0.05, 0.1) is 23.0 Å². The molecule has 1 fully saturated rings. The number of aliphatic hydroxyl groups is 1. The van der Waals surface area contributed by atoms with E-state index in [0.717, 1.165) is 18.5 Å². The first kappa shape index (κ1) is 17.0. The second-order valence-electron chi connectivity index (χ2n) is 6.43. The predicted octanol–water partition coefficient (Wildman–Crippen LogP) is 2.68. The van der Waals surface area contributed by atoms with Crippen molar-refractivity contribution in [1.29, 1.82) is 0 Å². The molecule has 0 saturated carbocycles. The molecule has 2 aromatic heterocycles.